The molecule has 3 aliphatic heterocycles. The van der Waals surface area contributed by atoms with Gasteiger partial charge in [-0.3, -0.25) is 9.59 Å². The Bertz CT molecular complexity index is 1300. The zero-order valence-electron chi connectivity index (χ0n) is 16.0. The Morgan fingerprint density at radius 2 is 1.57 bits per heavy atom. The lowest BCUT2D eigenvalue weighted by Gasteiger charge is -2.33. The van der Waals surface area contributed by atoms with E-state index in [0.29, 0.717) is 5.69 Å². The zero-order valence-corrected chi connectivity index (χ0v) is 16.0. The lowest BCUT2D eigenvalue weighted by Crippen LogP contribution is -2.40. The highest BCUT2D eigenvalue weighted by atomic mass is 16.2. The summed E-state index contributed by atoms with van der Waals surface area (Å²) in [5.41, 5.74) is 2.59. The van der Waals surface area contributed by atoms with Crippen LogP contribution in [0.1, 0.15) is 17.2 Å². The average Bonchev–Trinajstić information content (AvgIpc) is 3.25. The second-order valence-electron chi connectivity index (χ2n) is 8.01. The van der Waals surface area contributed by atoms with Crippen molar-refractivity contribution in [3.05, 3.63) is 84.1 Å². The molecule has 30 heavy (non-hydrogen) atoms. The fraction of sp³-hybridized carbons (Fsp3) is 0.160. The summed E-state index contributed by atoms with van der Waals surface area (Å²) >= 11 is 0. The van der Waals surface area contributed by atoms with Crippen LogP contribution in [0, 0.1) is 23.2 Å². The molecular weight excluding hydrogens is 374 g/mol. The molecule has 144 valence electrons. The summed E-state index contributed by atoms with van der Waals surface area (Å²) in [6, 6.07) is 22.7. The molecule has 2 amide bonds. The molecule has 6 rings (SSSR count). The predicted molar refractivity (Wildman–Crippen MR) is 113 cm³/mol. The lowest BCUT2D eigenvalue weighted by molar-refractivity contribution is -0.123. The van der Waals surface area contributed by atoms with Crippen LogP contribution < -0.4 is 4.90 Å². The molecule has 5 heteroatoms. The SMILES string of the molecule is N#C[C@@H]1[C@@H]2C(=O)N(c3ccc4ccccc4c3)C(=O)[C@@H]2[C@@H]2c3ccccc3C=CN12. The van der Waals surface area contributed by atoms with E-state index in [2.05, 4.69) is 6.07 Å². The van der Waals surface area contributed by atoms with Gasteiger partial charge in [0.25, 0.3) is 0 Å². The summed E-state index contributed by atoms with van der Waals surface area (Å²) in [4.78, 5) is 30.3. The minimum atomic E-state index is -0.672. The first-order chi connectivity index (χ1) is 14.7. The molecule has 0 saturated carbocycles. The number of imide groups is 1. The number of fused-ring (bicyclic) bond motifs is 6. The normalized spacial score (nSPS) is 26.5. The minimum Gasteiger partial charge on any atom is -0.353 e. The number of hydrogen-bond donors (Lipinski definition) is 0. The molecule has 0 radical (unpaired) electrons. The topological polar surface area (TPSA) is 64.4 Å². The van der Waals surface area contributed by atoms with E-state index in [9.17, 15) is 14.9 Å². The number of rotatable bonds is 1. The summed E-state index contributed by atoms with van der Waals surface area (Å²) in [6.07, 6.45) is 3.81. The van der Waals surface area contributed by atoms with Gasteiger partial charge in [-0.05, 0) is 40.1 Å². The van der Waals surface area contributed by atoms with Crippen molar-refractivity contribution in [2.75, 3.05) is 4.90 Å². The maximum Gasteiger partial charge on any atom is 0.240 e. The van der Waals surface area contributed by atoms with E-state index in [4.69, 9.17) is 0 Å². The third kappa shape index (κ3) is 2.11. The fourth-order valence-corrected chi connectivity index (χ4v) is 5.28. The molecule has 3 heterocycles. The molecular formula is C25H17N3O2. The number of nitriles is 1. The molecule has 3 aliphatic rings. The van der Waals surface area contributed by atoms with Gasteiger partial charge in [0, 0.05) is 6.20 Å². The Balaban J connectivity index is 1.48. The fourth-order valence-electron chi connectivity index (χ4n) is 5.28. The Labute approximate surface area is 173 Å². The van der Waals surface area contributed by atoms with Crippen LogP contribution in [-0.4, -0.2) is 22.8 Å². The van der Waals surface area contributed by atoms with Crippen LogP contribution in [0.2, 0.25) is 0 Å². The van der Waals surface area contributed by atoms with Gasteiger partial charge >= 0.3 is 0 Å². The van der Waals surface area contributed by atoms with Crippen molar-refractivity contribution < 1.29 is 9.59 Å². The summed E-state index contributed by atoms with van der Waals surface area (Å²) in [7, 11) is 0. The molecule has 2 saturated heterocycles. The predicted octanol–water partition coefficient (Wildman–Crippen LogP) is 3.88. The number of carbonyl (C=O) groups excluding carboxylic acids is 2. The van der Waals surface area contributed by atoms with Gasteiger partial charge in [0.15, 0.2) is 0 Å². The molecule has 3 aromatic rings. The second-order valence-corrected chi connectivity index (χ2v) is 8.01. The van der Waals surface area contributed by atoms with Gasteiger partial charge in [0.2, 0.25) is 11.8 Å². The first-order valence-corrected chi connectivity index (χ1v) is 10.00. The average molecular weight is 391 g/mol. The van der Waals surface area contributed by atoms with E-state index >= 15 is 0 Å². The number of carbonyl (C=O) groups is 2. The van der Waals surface area contributed by atoms with E-state index < -0.39 is 17.9 Å². The molecule has 0 unspecified atom stereocenters. The second kappa shape index (κ2) is 6.04. The van der Waals surface area contributed by atoms with E-state index in [-0.39, 0.29) is 17.9 Å². The maximum absolute atomic E-state index is 13.6. The summed E-state index contributed by atoms with van der Waals surface area (Å²) in [6.45, 7) is 0. The van der Waals surface area contributed by atoms with Crippen LogP contribution in [0.25, 0.3) is 16.8 Å². The van der Waals surface area contributed by atoms with Gasteiger partial charge in [0.1, 0.15) is 6.04 Å². The van der Waals surface area contributed by atoms with E-state index in [1.165, 1.54) is 4.90 Å². The first-order valence-electron chi connectivity index (χ1n) is 10.00. The van der Waals surface area contributed by atoms with Gasteiger partial charge in [-0.25, -0.2) is 4.90 Å². The highest BCUT2D eigenvalue weighted by molar-refractivity contribution is 6.23. The van der Waals surface area contributed by atoms with Crippen LogP contribution >= 0.6 is 0 Å². The Morgan fingerprint density at radius 3 is 2.40 bits per heavy atom. The van der Waals surface area contributed by atoms with Crippen LogP contribution in [0.15, 0.2) is 72.9 Å². The largest absolute Gasteiger partial charge is 0.353 e. The lowest BCUT2D eigenvalue weighted by atomic mass is 9.85. The summed E-state index contributed by atoms with van der Waals surface area (Å²) in [5.74, 6) is -1.75. The van der Waals surface area contributed by atoms with Gasteiger partial charge < -0.3 is 4.90 Å². The Kier molecular flexibility index (Phi) is 3.42. The highest BCUT2D eigenvalue weighted by Crippen LogP contribution is 2.52. The minimum absolute atomic E-state index is 0.224. The van der Waals surface area contributed by atoms with Crippen molar-refractivity contribution in [2.45, 2.75) is 12.1 Å². The van der Waals surface area contributed by atoms with Crippen LogP contribution in [-0.2, 0) is 9.59 Å². The third-order valence-electron chi connectivity index (χ3n) is 6.59. The molecule has 0 N–H and O–H groups in total. The summed E-state index contributed by atoms with van der Waals surface area (Å²) < 4.78 is 0. The van der Waals surface area contributed by atoms with Crippen molar-refractivity contribution in [1.82, 2.24) is 4.90 Å². The Morgan fingerprint density at radius 1 is 0.833 bits per heavy atom. The molecule has 4 atom stereocenters. The molecule has 0 aromatic heterocycles. The van der Waals surface area contributed by atoms with Crippen molar-refractivity contribution in [2.24, 2.45) is 11.8 Å². The van der Waals surface area contributed by atoms with Crippen LogP contribution in [0.4, 0.5) is 5.69 Å². The standard InChI is InChI=1S/C25H17N3O2/c26-14-20-21-22(23-19-8-4-3-6-16(19)11-12-27(20)23)25(30)28(24(21)29)18-10-9-15-5-1-2-7-17(15)13-18/h1-13,20-23H/t20-,21+,22+,23+/m1/s1. The van der Waals surface area contributed by atoms with E-state index in [1.807, 2.05) is 83.9 Å². The van der Waals surface area contributed by atoms with Crippen molar-refractivity contribution in [3.63, 3.8) is 0 Å². The monoisotopic (exact) mass is 391 g/mol. The Hall–Kier alpha value is -3.91. The number of amides is 2. The van der Waals surface area contributed by atoms with Gasteiger partial charge in [0.05, 0.1) is 29.6 Å². The number of anilines is 1. The third-order valence-corrected chi connectivity index (χ3v) is 6.59. The molecule has 3 aromatic carbocycles. The van der Waals surface area contributed by atoms with E-state index in [1.54, 1.807) is 0 Å². The smallest absolute Gasteiger partial charge is 0.240 e. The molecule has 2 fully saturated rings. The molecule has 0 aliphatic carbocycles. The number of benzene rings is 3. The zero-order chi connectivity index (χ0) is 20.4. The van der Waals surface area contributed by atoms with Gasteiger partial charge in [-0.2, -0.15) is 5.26 Å². The number of hydrogen-bond acceptors (Lipinski definition) is 4. The molecule has 0 bridgehead atoms. The van der Waals surface area contributed by atoms with Crippen molar-refractivity contribution in [3.8, 4) is 6.07 Å². The van der Waals surface area contributed by atoms with Gasteiger partial charge in [-0.15, -0.1) is 0 Å². The van der Waals surface area contributed by atoms with Gasteiger partial charge in [-0.1, -0.05) is 54.6 Å². The molecule has 5 nitrogen and oxygen atoms in total. The number of nitrogens with zero attached hydrogens (tertiary/aromatic N) is 3. The maximum atomic E-state index is 13.6. The van der Waals surface area contributed by atoms with Crippen LogP contribution in [0.3, 0.4) is 0 Å². The van der Waals surface area contributed by atoms with E-state index in [0.717, 1.165) is 21.9 Å². The van der Waals surface area contributed by atoms with Crippen molar-refractivity contribution in [1.29, 1.82) is 5.26 Å². The van der Waals surface area contributed by atoms with Crippen molar-refractivity contribution >= 4 is 34.4 Å². The molecule has 0 spiro atoms. The quantitative estimate of drug-likeness (QED) is 0.591. The van der Waals surface area contributed by atoms with Crippen LogP contribution in [0.5, 0.6) is 0 Å². The summed E-state index contributed by atoms with van der Waals surface area (Å²) in [5, 5.41) is 11.9. The first kappa shape index (κ1) is 17.0. The highest BCUT2D eigenvalue weighted by Gasteiger charge is 2.63.